The number of hydrogen-bond donors (Lipinski definition) is 2. The van der Waals surface area contributed by atoms with Crippen LogP contribution in [0.15, 0.2) is 42.6 Å². The van der Waals surface area contributed by atoms with Crippen LogP contribution in [0.25, 0.3) is 0 Å². The van der Waals surface area contributed by atoms with E-state index in [1.54, 1.807) is 12.3 Å². The normalized spacial score (nSPS) is 12.1. The van der Waals surface area contributed by atoms with Gasteiger partial charge >= 0.3 is 0 Å². The molecule has 0 aliphatic heterocycles. The zero-order chi connectivity index (χ0) is 13.0. The zero-order valence-corrected chi connectivity index (χ0v) is 10.9. The maximum Gasteiger partial charge on any atom is 0.128 e. The van der Waals surface area contributed by atoms with Gasteiger partial charge in [0, 0.05) is 24.0 Å². The highest BCUT2D eigenvalue weighted by Crippen LogP contribution is 2.19. The molecule has 3 N–H and O–H groups in total. The molecule has 0 fully saturated rings. The van der Waals surface area contributed by atoms with Crippen molar-refractivity contribution >= 4 is 11.5 Å². The number of anilines is 2. The summed E-state index contributed by atoms with van der Waals surface area (Å²) in [6.07, 6.45) is 2.78. The SMILES string of the molecule is CCc1ccc(C(C)Nc2cc(N)ccn2)cc1. The molecule has 94 valence electrons. The summed E-state index contributed by atoms with van der Waals surface area (Å²) in [5.74, 6) is 0.807. The molecular formula is C15H19N3. The minimum absolute atomic E-state index is 0.213. The molecule has 1 atom stereocenters. The number of aryl methyl sites for hydroxylation is 1. The highest BCUT2D eigenvalue weighted by atomic mass is 15.0. The standard InChI is InChI=1S/C15H19N3/c1-3-12-4-6-13(7-5-12)11(2)18-15-10-14(16)8-9-17-15/h4-11H,3H2,1-2H3,(H3,16,17,18). The summed E-state index contributed by atoms with van der Waals surface area (Å²) in [7, 11) is 0. The summed E-state index contributed by atoms with van der Waals surface area (Å²) in [4.78, 5) is 4.25. The average molecular weight is 241 g/mol. The molecule has 1 heterocycles. The van der Waals surface area contributed by atoms with Gasteiger partial charge in [-0.25, -0.2) is 4.98 Å². The quantitative estimate of drug-likeness (QED) is 0.862. The number of benzene rings is 1. The molecule has 2 rings (SSSR count). The molecule has 0 bridgehead atoms. The van der Waals surface area contributed by atoms with Crippen molar-refractivity contribution in [2.75, 3.05) is 11.1 Å². The number of nitrogens with zero attached hydrogens (tertiary/aromatic N) is 1. The molecule has 1 aromatic heterocycles. The van der Waals surface area contributed by atoms with Crippen molar-refractivity contribution < 1.29 is 0 Å². The van der Waals surface area contributed by atoms with E-state index in [0.717, 1.165) is 17.9 Å². The van der Waals surface area contributed by atoms with Crippen LogP contribution in [-0.2, 0) is 6.42 Å². The summed E-state index contributed by atoms with van der Waals surface area (Å²) < 4.78 is 0. The van der Waals surface area contributed by atoms with Crippen molar-refractivity contribution in [1.29, 1.82) is 0 Å². The maximum absolute atomic E-state index is 5.73. The van der Waals surface area contributed by atoms with Crippen molar-refractivity contribution in [2.24, 2.45) is 0 Å². The number of pyridine rings is 1. The van der Waals surface area contributed by atoms with Crippen molar-refractivity contribution in [3.05, 3.63) is 53.7 Å². The smallest absolute Gasteiger partial charge is 0.128 e. The molecule has 0 saturated carbocycles. The lowest BCUT2D eigenvalue weighted by Gasteiger charge is -2.15. The Labute approximate surface area is 108 Å². The summed E-state index contributed by atoms with van der Waals surface area (Å²) >= 11 is 0. The molecule has 18 heavy (non-hydrogen) atoms. The third kappa shape index (κ3) is 3.00. The molecule has 1 aromatic carbocycles. The Kier molecular flexibility index (Phi) is 3.82. The lowest BCUT2D eigenvalue weighted by molar-refractivity contribution is 0.873. The second kappa shape index (κ2) is 5.54. The fourth-order valence-corrected chi connectivity index (χ4v) is 1.87. The lowest BCUT2D eigenvalue weighted by Crippen LogP contribution is -2.08. The molecule has 0 radical (unpaired) electrons. The van der Waals surface area contributed by atoms with Crippen molar-refractivity contribution in [3.8, 4) is 0 Å². The van der Waals surface area contributed by atoms with Gasteiger partial charge in [0.05, 0.1) is 0 Å². The first-order chi connectivity index (χ1) is 8.69. The van der Waals surface area contributed by atoms with Crippen molar-refractivity contribution in [1.82, 2.24) is 4.98 Å². The average Bonchev–Trinajstić information content (AvgIpc) is 2.39. The molecule has 0 aliphatic carbocycles. The maximum atomic E-state index is 5.73. The molecule has 0 aliphatic rings. The van der Waals surface area contributed by atoms with Crippen LogP contribution in [0.4, 0.5) is 11.5 Å². The Morgan fingerprint density at radius 3 is 2.56 bits per heavy atom. The first-order valence-corrected chi connectivity index (χ1v) is 6.26. The first kappa shape index (κ1) is 12.4. The third-order valence-corrected chi connectivity index (χ3v) is 3.04. The van der Waals surface area contributed by atoms with Crippen LogP contribution in [0.1, 0.15) is 31.0 Å². The van der Waals surface area contributed by atoms with Crippen LogP contribution in [0.5, 0.6) is 0 Å². The van der Waals surface area contributed by atoms with Crippen LogP contribution in [-0.4, -0.2) is 4.98 Å². The fourth-order valence-electron chi connectivity index (χ4n) is 1.87. The van der Waals surface area contributed by atoms with E-state index in [4.69, 9.17) is 5.73 Å². The van der Waals surface area contributed by atoms with Crippen LogP contribution < -0.4 is 11.1 Å². The summed E-state index contributed by atoms with van der Waals surface area (Å²) in [6, 6.07) is 12.5. The summed E-state index contributed by atoms with van der Waals surface area (Å²) in [5.41, 5.74) is 9.06. The minimum Gasteiger partial charge on any atom is -0.399 e. The Morgan fingerprint density at radius 2 is 1.94 bits per heavy atom. The van der Waals surface area contributed by atoms with Crippen molar-refractivity contribution in [2.45, 2.75) is 26.3 Å². The van der Waals surface area contributed by atoms with Crippen molar-refractivity contribution in [3.63, 3.8) is 0 Å². The van der Waals surface area contributed by atoms with E-state index >= 15 is 0 Å². The third-order valence-electron chi connectivity index (χ3n) is 3.04. The Morgan fingerprint density at radius 1 is 1.22 bits per heavy atom. The van der Waals surface area contributed by atoms with Crippen LogP contribution >= 0.6 is 0 Å². The Hall–Kier alpha value is -2.03. The number of rotatable bonds is 4. The van der Waals surface area contributed by atoms with E-state index in [-0.39, 0.29) is 6.04 Å². The highest BCUT2D eigenvalue weighted by Gasteiger charge is 2.05. The molecule has 0 spiro atoms. The number of nitrogens with two attached hydrogens (primary N) is 1. The van der Waals surface area contributed by atoms with E-state index in [1.165, 1.54) is 11.1 Å². The molecular weight excluding hydrogens is 222 g/mol. The molecule has 3 nitrogen and oxygen atoms in total. The van der Waals surface area contributed by atoms with Crippen LogP contribution in [0.2, 0.25) is 0 Å². The topological polar surface area (TPSA) is 50.9 Å². The van der Waals surface area contributed by atoms with E-state index in [9.17, 15) is 0 Å². The van der Waals surface area contributed by atoms with E-state index in [0.29, 0.717) is 0 Å². The van der Waals surface area contributed by atoms with Gasteiger partial charge in [-0.3, -0.25) is 0 Å². The van der Waals surface area contributed by atoms with E-state index in [2.05, 4.69) is 48.4 Å². The molecule has 0 amide bonds. The van der Waals surface area contributed by atoms with Gasteiger partial charge in [-0.1, -0.05) is 31.2 Å². The van der Waals surface area contributed by atoms with Crippen LogP contribution in [0.3, 0.4) is 0 Å². The number of hydrogen-bond acceptors (Lipinski definition) is 3. The lowest BCUT2D eigenvalue weighted by atomic mass is 10.1. The van der Waals surface area contributed by atoms with Gasteiger partial charge in [-0.15, -0.1) is 0 Å². The molecule has 0 saturated heterocycles. The van der Waals surface area contributed by atoms with Gasteiger partial charge in [0.1, 0.15) is 5.82 Å². The van der Waals surface area contributed by atoms with Gasteiger partial charge in [-0.05, 0) is 30.5 Å². The molecule has 1 unspecified atom stereocenters. The second-order valence-corrected chi connectivity index (χ2v) is 4.44. The predicted octanol–water partition coefficient (Wildman–Crippen LogP) is 3.40. The summed E-state index contributed by atoms with van der Waals surface area (Å²) in [6.45, 7) is 4.28. The zero-order valence-electron chi connectivity index (χ0n) is 10.9. The van der Waals surface area contributed by atoms with E-state index in [1.807, 2.05) is 6.07 Å². The number of nitrogens with one attached hydrogen (secondary N) is 1. The fraction of sp³-hybridized carbons (Fsp3) is 0.267. The summed E-state index contributed by atoms with van der Waals surface area (Å²) in [5, 5.41) is 3.35. The minimum atomic E-state index is 0.213. The largest absolute Gasteiger partial charge is 0.399 e. The van der Waals surface area contributed by atoms with Gasteiger partial charge in [0.15, 0.2) is 0 Å². The Bertz CT molecular complexity index is 505. The van der Waals surface area contributed by atoms with Gasteiger partial charge in [0.2, 0.25) is 0 Å². The molecule has 3 heteroatoms. The monoisotopic (exact) mass is 241 g/mol. The Balaban J connectivity index is 2.09. The predicted molar refractivity (Wildman–Crippen MR) is 76.5 cm³/mol. The van der Waals surface area contributed by atoms with Gasteiger partial charge in [-0.2, -0.15) is 0 Å². The number of nitrogen functional groups attached to an aromatic ring is 1. The first-order valence-electron chi connectivity index (χ1n) is 6.26. The van der Waals surface area contributed by atoms with E-state index < -0.39 is 0 Å². The highest BCUT2D eigenvalue weighted by molar-refractivity contribution is 5.49. The second-order valence-electron chi connectivity index (χ2n) is 4.44. The van der Waals surface area contributed by atoms with Crippen LogP contribution in [0, 0.1) is 0 Å². The van der Waals surface area contributed by atoms with Gasteiger partial charge < -0.3 is 11.1 Å². The molecule has 2 aromatic rings. The van der Waals surface area contributed by atoms with Gasteiger partial charge in [0.25, 0.3) is 0 Å². The number of aromatic nitrogens is 1.